The second-order valence-corrected chi connectivity index (χ2v) is 7.18. The Balaban J connectivity index is 2.10. The first-order chi connectivity index (χ1) is 7.60. The molecule has 90 valence electrons. The predicted octanol–water partition coefficient (Wildman–Crippen LogP) is 1.30. The highest BCUT2D eigenvalue weighted by molar-refractivity contribution is 14.1. The number of morpholine rings is 1. The van der Waals surface area contributed by atoms with Crippen LogP contribution in [0.1, 0.15) is 6.42 Å². The average molecular weight is 355 g/mol. The van der Waals surface area contributed by atoms with Gasteiger partial charge in [0, 0.05) is 16.7 Å². The minimum absolute atomic E-state index is 0.399. The summed E-state index contributed by atoms with van der Waals surface area (Å²) in [5.74, 6) is 0. The molecule has 6 heteroatoms. The maximum absolute atomic E-state index is 12.2. The summed E-state index contributed by atoms with van der Waals surface area (Å²) in [6.07, 6.45) is 6.19. The molecule has 1 heterocycles. The van der Waals surface area contributed by atoms with Crippen LogP contribution in [-0.2, 0) is 14.8 Å². The van der Waals surface area contributed by atoms with Gasteiger partial charge in [-0.1, -0.05) is 18.2 Å². The van der Waals surface area contributed by atoms with Crippen LogP contribution in [0.25, 0.3) is 0 Å². The Morgan fingerprint density at radius 2 is 2.06 bits per heavy atom. The fourth-order valence-electron chi connectivity index (χ4n) is 1.79. The molecule has 2 rings (SSSR count). The molecule has 0 amide bonds. The van der Waals surface area contributed by atoms with E-state index in [0.717, 1.165) is 3.58 Å². The lowest BCUT2D eigenvalue weighted by Crippen LogP contribution is -2.44. The van der Waals surface area contributed by atoms with E-state index in [2.05, 4.69) is 22.6 Å². The fourth-order valence-corrected chi connectivity index (χ4v) is 3.91. The van der Waals surface area contributed by atoms with Gasteiger partial charge in [0.15, 0.2) is 0 Å². The summed E-state index contributed by atoms with van der Waals surface area (Å²) in [4.78, 5) is 0. The van der Waals surface area contributed by atoms with E-state index >= 15 is 0 Å². The number of allylic oxidation sites excluding steroid dienone is 3. The highest BCUT2D eigenvalue weighted by atomic mass is 127. The highest BCUT2D eigenvalue weighted by Crippen LogP contribution is 2.23. The Hall–Kier alpha value is 0.0800. The molecule has 0 N–H and O–H groups in total. The number of nitrogens with zero attached hydrogens (tertiary/aromatic N) is 1. The van der Waals surface area contributed by atoms with Crippen molar-refractivity contribution < 1.29 is 13.2 Å². The van der Waals surface area contributed by atoms with Crippen LogP contribution in [0, 0.1) is 0 Å². The van der Waals surface area contributed by atoms with Crippen molar-refractivity contribution in [2.75, 3.05) is 26.3 Å². The van der Waals surface area contributed by atoms with E-state index in [1.807, 2.05) is 12.2 Å². The van der Waals surface area contributed by atoms with Gasteiger partial charge in [0.1, 0.15) is 0 Å². The first-order valence-electron chi connectivity index (χ1n) is 5.21. The molecule has 0 aromatic heterocycles. The lowest BCUT2D eigenvalue weighted by molar-refractivity contribution is 0.0728. The third kappa shape index (κ3) is 2.66. The normalized spacial score (nSPS) is 27.8. The topological polar surface area (TPSA) is 46.6 Å². The molecule has 0 bridgehead atoms. The monoisotopic (exact) mass is 355 g/mol. The molecule has 2 aliphatic rings. The summed E-state index contributed by atoms with van der Waals surface area (Å²) in [7, 11) is -3.19. The molecule has 4 nitrogen and oxygen atoms in total. The Bertz CT molecular complexity index is 410. The molecule has 0 radical (unpaired) electrons. The van der Waals surface area contributed by atoms with E-state index in [1.54, 1.807) is 6.08 Å². The summed E-state index contributed by atoms with van der Waals surface area (Å²) in [6.45, 7) is 1.97. The van der Waals surface area contributed by atoms with Crippen LogP contribution in [0.2, 0.25) is 0 Å². The number of hydrogen-bond acceptors (Lipinski definition) is 3. The molecule has 1 saturated heterocycles. The van der Waals surface area contributed by atoms with Crippen molar-refractivity contribution in [1.29, 1.82) is 0 Å². The molecule has 1 atom stereocenters. The van der Waals surface area contributed by atoms with Crippen molar-refractivity contribution in [2.24, 2.45) is 0 Å². The van der Waals surface area contributed by atoms with E-state index in [-0.39, 0.29) is 0 Å². The summed E-state index contributed by atoms with van der Waals surface area (Å²) in [6, 6.07) is 0. The first-order valence-corrected chi connectivity index (χ1v) is 7.79. The molecule has 16 heavy (non-hydrogen) atoms. The Morgan fingerprint density at radius 1 is 1.38 bits per heavy atom. The standard InChI is InChI=1S/C10H14INO3S/c11-9-1-3-10(4-2-9)16(13,14)12-5-7-15-8-6-12/h1-3,10H,4-8H2. The van der Waals surface area contributed by atoms with E-state index in [9.17, 15) is 8.42 Å². The van der Waals surface area contributed by atoms with Gasteiger partial charge in [0.2, 0.25) is 10.0 Å². The minimum Gasteiger partial charge on any atom is -0.379 e. The van der Waals surface area contributed by atoms with Gasteiger partial charge in [0.25, 0.3) is 0 Å². The predicted molar refractivity (Wildman–Crippen MR) is 71.0 cm³/mol. The van der Waals surface area contributed by atoms with Gasteiger partial charge in [-0.15, -0.1) is 0 Å². The third-order valence-electron chi connectivity index (χ3n) is 2.73. The molecule has 1 unspecified atom stereocenters. The van der Waals surface area contributed by atoms with Crippen LogP contribution in [0.5, 0.6) is 0 Å². The zero-order valence-corrected chi connectivity index (χ0v) is 11.8. The van der Waals surface area contributed by atoms with Crippen molar-refractivity contribution in [3.05, 3.63) is 21.8 Å². The molecular formula is C10H14INO3S. The van der Waals surface area contributed by atoms with Crippen LogP contribution in [-0.4, -0.2) is 44.3 Å². The van der Waals surface area contributed by atoms with E-state index < -0.39 is 15.3 Å². The molecule has 0 aromatic carbocycles. The van der Waals surface area contributed by atoms with Crippen LogP contribution in [0.15, 0.2) is 21.8 Å². The van der Waals surface area contributed by atoms with Crippen molar-refractivity contribution in [2.45, 2.75) is 11.7 Å². The highest BCUT2D eigenvalue weighted by Gasteiger charge is 2.31. The zero-order valence-electron chi connectivity index (χ0n) is 8.80. The quantitative estimate of drug-likeness (QED) is 0.702. The molecule has 1 aliphatic carbocycles. The number of rotatable bonds is 2. The van der Waals surface area contributed by atoms with Gasteiger partial charge >= 0.3 is 0 Å². The Labute approximate surface area is 110 Å². The average Bonchev–Trinajstić information content (AvgIpc) is 2.31. The third-order valence-corrected chi connectivity index (χ3v) is 5.73. The lowest BCUT2D eigenvalue weighted by atomic mass is 10.2. The van der Waals surface area contributed by atoms with Crippen molar-refractivity contribution in [3.8, 4) is 0 Å². The number of ether oxygens (including phenoxy) is 1. The largest absolute Gasteiger partial charge is 0.379 e. The van der Waals surface area contributed by atoms with E-state index in [0.29, 0.717) is 32.7 Å². The molecule has 1 aliphatic heterocycles. The molecular weight excluding hydrogens is 341 g/mol. The SMILES string of the molecule is O=S(=O)(C1C=CC(I)=CC1)N1CCOCC1. The summed E-state index contributed by atoms with van der Waals surface area (Å²) in [5, 5.41) is -0.399. The second-order valence-electron chi connectivity index (χ2n) is 3.78. The van der Waals surface area contributed by atoms with E-state index in [4.69, 9.17) is 4.74 Å². The smallest absolute Gasteiger partial charge is 0.221 e. The van der Waals surface area contributed by atoms with Gasteiger partial charge in [-0.05, 0) is 29.0 Å². The first kappa shape index (κ1) is 12.5. The summed E-state index contributed by atoms with van der Waals surface area (Å²) in [5.41, 5.74) is 0. The van der Waals surface area contributed by atoms with Gasteiger partial charge in [0.05, 0.1) is 18.5 Å². The maximum Gasteiger partial charge on any atom is 0.221 e. The van der Waals surface area contributed by atoms with Crippen LogP contribution in [0.4, 0.5) is 0 Å². The van der Waals surface area contributed by atoms with Gasteiger partial charge < -0.3 is 4.74 Å². The van der Waals surface area contributed by atoms with Crippen LogP contribution >= 0.6 is 22.6 Å². The zero-order chi connectivity index (χ0) is 11.6. The number of sulfonamides is 1. The molecule has 1 fully saturated rings. The minimum atomic E-state index is -3.19. The maximum atomic E-state index is 12.2. The van der Waals surface area contributed by atoms with Crippen molar-refractivity contribution in [1.82, 2.24) is 4.31 Å². The van der Waals surface area contributed by atoms with Crippen molar-refractivity contribution in [3.63, 3.8) is 0 Å². The summed E-state index contributed by atoms with van der Waals surface area (Å²) < 4.78 is 32.3. The van der Waals surface area contributed by atoms with Gasteiger partial charge in [-0.3, -0.25) is 0 Å². The molecule has 0 aromatic rings. The Kier molecular flexibility index (Phi) is 4.04. The summed E-state index contributed by atoms with van der Waals surface area (Å²) >= 11 is 2.20. The lowest BCUT2D eigenvalue weighted by Gasteiger charge is -2.29. The number of hydrogen-bond donors (Lipinski definition) is 0. The van der Waals surface area contributed by atoms with Crippen LogP contribution in [0.3, 0.4) is 0 Å². The molecule has 0 spiro atoms. The number of halogens is 1. The van der Waals surface area contributed by atoms with E-state index in [1.165, 1.54) is 4.31 Å². The van der Waals surface area contributed by atoms with Gasteiger partial charge in [-0.2, -0.15) is 4.31 Å². The van der Waals surface area contributed by atoms with Crippen LogP contribution < -0.4 is 0 Å². The van der Waals surface area contributed by atoms with Crippen molar-refractivity contribution >= 4 is 32.6 Å². The van der Waals surface area contributed by atoms with Gasteiger partial charge in [-0.25, -0.2) is 8.42 Å². The molecule has 0 saturated carbocycles. The fraction of sp³-hybridized carbons (Fsp3) is 0.600. The Morgan fingerprint density at radius 3 is 2.62 bits per heavy atom. The second kappa shape index (κ2) is 5.16.